The van der Waals surface area contributed by atoms with E-state index in [4.69, 9.17) is 25.1 Å². The number of primary amides is 1. The van der Waals surface area contributed by atoms with Crippen LogP contribution in [0.4, 0.5) is 4.79 Å². The van der Waals surface area contributed by atoms with Gasteiger partial charge in [-0.05, 0) is 27.2 Å². The standard InChI is InChI=1S/C20H34N4O12/c1-4-34-20(33)24-13-15(14(28)11(7-25)36-19(13)32)35-9(3)18(31)22-8(2)17(30)23-10(16(21)29)5-6-12(26)27/h8-11,13-15,19,25,28,32H,4-7H2,1-3H3,(H2,21,29)(H,22,31)(H,23,30)(H,24,33)(H,26,27)/t8-,9+,10+,11?,13?,14?,15?,19?/m0/s1. The van der Waals surface area contributed by atoms with Gasteiger partial charge in [-0.3, -0.25) is 19.2 Å². The van der Waals surface area contributed by atoms with Crippen molar-refractivity contribution >= 4 is 29.8 Å². The van der Waals surface area contributed by atoms with Crippen molar-refractivity contribution in [2.75, 3.05) is 13.2 Å². The number of carboxylic acid groups (broad SMARTS) is 1. The van der Waals surface area contributed by atoms with Crippen LogP contribution in [0.1, 0.15) is 33.6 Å². The van der Waals surface area contributed by atoms with Gasteiger partial charge in [-0.15, -0.1) is 0 Å². The summed E-state index contributed by atoms with van der Waals surface area (Å²) < 4.78 is 15.4. The topological polar surface area (TPSA) is 256 Å². The van der Waals surface area contributed by atoms with E-state index in [0.717, 1.165) is 0 Å². The van der Waals surface area contributed by atoms with E-state index in [-0.39, 0.29) is 13.0 Å². The summed E-state index contributed by atoms with van der Waals surface area (Å²) in [4.78, 5) is 59.0. The van der Waals surface area contributed by atoms with Gasteiger partial charge in [0.15, 0.2) is 6.29 Å². The predicted octanol–water partition coefficient (Wildman–Crippen LogP) is -3.72. The molecule has 1 aliphatic rings. The third kappa shape index (κ3) is 9.19. The molecule has 1 fully saturated rings. The van der Waals surface area contributed by atoms with Gasteiger partial charge in [-0.25, -0.2) is 4.79 Å². The minimum atomic E-state index is -1.73. The number of hydrogen-bond acceptors (Lipinski definition) is 11. The normalized spacial score (nSPS) is 26.1. The first-order valence-corrected chi connectivity index (χ1v) is 11.1. The zero-order valence-corrected chi connectivity index (χ0v) is 20.1. The van der Waals surface area contributed by atoms with Crippen LogP contribution in [0, 0.1) is 0 Å². The molecule has 1 rings (SSSR count). The number of carbonyl (C=O) groups excluding carboxylic acids is 4. The fraction of sp³-hybridized carbons (Fsp3) is 0.750. The molecule has 0 aliphatic carbocycles. The minimum Gasteiger partial charge on any atom is -0.481 e. The summed E-state index contributed by atoms with van der Waals surface area (Å²) in [5.74, 6) is -3.82. The molecular weight excluding hydrogens is 488 g/mol. The second-order valence-corrected chi connectivity index (χ2v) is 8.00. The lowest BCUT2D eigenvalue weighted by Gasteiger charge is -2.43. The van der Waals surface area contributed by atoms with Gasteiger partial charge >= 0.3 is 12.1 Å². The maximum atomic E-state index is 12.6. The van der Waals surface area contributed by atoms with Crippen LogP contribution in [0.15, 0.2) is 0 Å². The number of alkyl carbamates (subject to hydrolysis) is 1. The van der Waals surface area contributed by atoms with E-state index in [2.05, 4.69) is 16.0 Å². The summed E-state index contributed by atoms with van der Waals surface area (Å²) in [5, 5.41) is 45.7. The Morgan fingerprint density at radius 2 is 1.72 bits per heavy atom. The molecule has 4 amide bonds. The third-order valence-corrected chi connectivity index (χ3v) is 5.22. The van der Waals surface area contributed by atoms with Crippen molar-refractivity contribution in [3.63, 3.8) is 0 Å². The molecule has 16 nitrogen and oxygen atoms in total. The second kappa shape index (κ2) is 14.5. The molecule has 5 unspecified atom stereocenters. The molecule has 0 spiro atoms. The molecule has 0 aromatic heterocycles. The van der Waals surface area contributed by atoms with Crippen molar-refractivity contribution in [1.29, 1.82) is 0 Å². The highest BCUT2D eigenvalue weighted by Crippen LogP contribution is 2.24. The van der Waals surface area contributed by atoms with Crippen molar-refractivity contribution in [2.45, 2.75) is 82.4 Å². The lowest BCUT2D eigenvalue weighted by Crippen LogP contribution is -2.66. The number of aliphatic hydroxyl groups excluding tert-OH is 3. The highest BCUT2D eigenvalue weighted by Gasteiger charge is 2.47. The molecule has 1 saturated heterocycles. The number of carboxylic acids is 1. The van der Waals surface area contributed by atoms with Crippen LogP contribution in [0.3, 0.4) is 0 Å². The summed E-state index contributed by atoms with van der Waals surface area (Å²) in [5.41, 5.74) is 5.17. The molecule has 0 radical (unpaired) electrons. The van der Waals surface area contributed by atoms with E-state index in [1.165, 1.54) is 13.8 Å². The Bertz CT molecular complexity index is 797. The number of nitrogens with two attached hydrogens (primary N) is 1. The van der Waals surface area contributed by atoms with E-state index in [1.807, 2.05) is 0 Å². The Balaban J connectivity index is 2.84. The number of aliphatic hydroxyl groups is 3. The van der Waals surface area contributed by atoms with Gasteiger partial charge in [-0.1, -0.05) is 0 Å². The molecule has 1 heterocycles. The molecule has 206 valence electrons. The van der Waals surface area contributed by atoms with Crippen LogP contribution in [0.2, 0.25) is 0 Å². The maximum Gasteiger partial charge on any atom is 0.407 e. The lowest BCUT2D eigenvalue weighted by atomic mass is 9.96. The van der Waals surface area contributed by atoms with E-state index in [9.17, 15) is 39.3 Å². The van der Waals surface area contributed by atoms with Crippen LogP contribution in [-0.2, 0) is 33.4 Å². The lowest BCUT2D eigenvalue weighted by molar-refractivity contribution is -0.265. The van der Waals surface area contributed by atoms with E-state index >= 15 is 0 Å². The summed E-state index contributed by atoms with van der Waals surface area (Å²) in [6.45, 7) is 3.40. The number of ether oxygens (including phenoxy) is 3. The molecule has 9 N–H and O–H groups in total. The van der Waals surface area contributed by atoms with Crippen LogP contribution < -0.4 is 21.7 Å². The Morgan fingerprint density at radius 3 is 2.25 bits per heavy atom. The average molecular weight is 523 g/mol. The molecule has 0 aromatic carbocycles. The van der Waals surface area contributed by atoms with Crippen molar-refractivity contribution in [3.8, 4) is 0 Å². The fourth-order valence-corrected chi connectivity index (χ4v) is 3.25. The number of carbonyl (C=O) groups is 5. The largest absolute Gasteiger partial charge is 0.481 e. The van der Waals surface area contributed by atoms with Gasteiger partial charge in [0.05, 0.1) is 13.2 Å². The smallest absolute Gasteiger partial charge is 0.407 e. The monoisotopic (exact) mass is 522 g/mol. The van der Waals surface area contributed by atoms with Crippen LogP contribution in [0.5, 0.6) is 0 Å². The summed E-state index contributed by atoms with van der Waals surface area (Å²) >= 11 is 0. The van der Waals surface area contributed by atoms with Crippen molar-refractivity contribution in [3.05, 3.63) is 0 Å². The van der Waals surface area contributed by atoms with Crippen molar-refractivity contribution in [1.82, 2.24) is 16.0 Å². The molecule has 0 aromatic rings. The van der Waals surface area contributed by atoms with E-state index in [1.54, 1.807) is 6.92 Å². The zero-order valence-electron chi connectivity index (χ0n) is 20.1. The Hall–Kier alpha value is -3.05. The third-order valence-electron chi connectivity index (χ3n) is 5.22. The number of amides is 4. The number of hydrogen-bond donors (Lipinski definition) is 8. The van der Waals surface area contributed by atoms with Crippen LogP contribution >= 0.6 is 0 Å². The summed E-state index contributed by atoms with van der Waals surface area (Å²) in [6, 6.07) is -3.87. The molecule has 8 atom stereocenters. The zero-order chi connectivity index (χ0) is 27.6. The van der Waals surface area contributed by atoms with Crippen LogP contribution in [0.25, 0.3) is 0 Å². The first kappa shape index (κ1) is 31.0. The molecule has 16 heteroatoms. The SMILES string of the molecule is CCOC(=O)NC1C(O)OC(CO)C(O)C1O[C@H](C)C(=O)N[C@@H](C)C(=O)N[C@H](CCC(=O)O)C(N)=O. The summed E-state index contributed by atoms with van der Waals surface area (Å²) in [7, 11) is 0. The number of aliphatic carboxylic acids is 1. The first-order chi connectivity index (χ1) is 16.8. The molecule has 0 bridgehead atoms. The molecular formula is C20H34N4O12. The summed E-state index contributed by atoms with van der Waals surface area (Å²) in [6.07, 6.45) is -9.01. The van der Waals surface area contributed by atoms with Gasteiger partial charge in [0, 0.05) is 6.42 Å². The average Bonchev–Trinajstić information content (AvgIpc) is 2.80. The number of nitrogens with one attached hydrogen (secondary N) is 3. The van der Waals surface area contributed by atoms with Gasteiger partial charge in [0.2, 0.25) is 17.7 Å². The highest BCUT2D eigenvalue weighted by molar-refractivity contribution is 5.92. The predicted molar refractivity (Wildman–Crippen MR) is 118 cm³/mol. The Labute approximate surface area is 206 Å². The van der Waals surface area contributed by atoms with E-state index < -0.39 is 91.6 Å². The van der Waals surface area contributed by atoms with Gasteiger partial charge < -0.3 is 56.3 Å². The van der Waals surface area contributed by atoms with E-state index in [0.29, 0.717) is 0 Å². The first-order valence-electron chi connectivity index (χ1n) is 11.1. The quantitative estimate of drug-likeness (QED) is 0.116. The number of rotatable bonds is 13. The minimum absolute atomic E-state index is 0.00846. The van der Waals surface area contributed by atoms with Gasteiger partial charge in [-0.2, -0.15) is 0 Å². The van der Waals surface area contributed by atoms with Crippen molar-refractivity contribution < 1.29 is 58.6 Å². The van der Waals surface area contributed by atoms with Gasteiger partial charge in [0.25, 0.3) is 0 Å². The van der Waals surface area contributed by atoms with Crippen molar-refractivity contribution in [2.24, 2.45) is 5.73 Å². The van der Waals surface area contributed by atoms with Gasteiger partial charge in [0.1, 0.15) is 42.5 Å². The fourth-order valence-electron chi connectivity index (χ4n) is 3.25. The second-order valence-electron chi connectivity index (χ2n) is 8.00. The molecule has 1 aliphatic heterocycles. The molecule has 0 saturated carbocycles. The van der Waals surface area contributed by atoms with Crippen LogP contribution in [-0.4, -0.2) is 112 Å². The highest BCUT2D eigenvalue weighted by atomic mass is 16.6. The molecule has 36 heavy (non-hydrogen) atoms. The maximum absolute atomic E-state index is 12.6. The Morgan fingerprint density at radius 1 is 1.08 bits per heavy atom. The Kier molecular flexibility index (Phi) is 12.5.